The number of hydrogen-bond acceptors (Lipinski definition) is 4. The number of piperazine rings is 1. The van der Waals surface area contributed by atoms with Crippen LogP contribution in [-0.4, -0.2) is 60.2 Å². The second kappa shape index (κ2) is 7.31. The van der Waals surface area contributed by atoms with E-state index in [1.165, 1.54) is 5.00 Å². The van der Waals surface area contributed by atoms with Gasteiger partial charge in [-0.1, -0.05) is 0 Å². The molecule has 22 heavy (non-hydrogen) atoms. The molecule has 1 saturated heterocycles. The molecule has 1 aliphatic heterocycles. The summed E-state index contributed by atoms with van der Waals surface area (Å²) in [5.74, 6) is 0.992. The quantitative estimate of drug-likeness (QED) is 0.683. The van der Waals surface area contributed by atoms with Gasteiger partial charge in [-0.05, 0) is 17.5 Å². The molecule has 1 aliphatic rings. The zero-order valence-corrected chi connectivity index (χ0v) is 13.7. The van der Waals surface area contributed by atoms with E-state index in [4.69, 9.17) is 0 Å². The SMILES string of the molecule is CN=C(NCCn1ccnc1)N1CCN(c2cccs2)CC1. The van der Waals surface area contributed by atoms with Gasteiger partial charge in [0.1, 0.15) is 0 Å². The van der Waals surface area contributed by atoms with Crippen LogP contribution in [0.2, 0.25) is 0 Å². The molecule has 0 unspecified atom stereocenters. The molecule has 0 spiro atoms. The van der Waals surface area contributed by atoms with Gasteiger partial charge in [-0.25, -0.2) is 4.98 Å². The molecule has 0 atom stereocenters. The van der Waals surface area contributed by atoms with Crippen LogP contribution in [0.1, 0.15) is 0 Å². The van der Waals surface area contributed by atoms with Crippen molar-refractivity contribution in [3.8, 4) is 0 Å². The fourth-order valence-electron chi connectivity index (χ4n) is 2.64. The third kappa shape index (κ3) is 3.59. The lowest BCUT2D eigenvalue weighted by atomic mass is 10.3. The fourth-order valence-corrected chi connectivity index (χ4v) is 3.42. The molecule has 0 bridgehead atoms. The first-order valence-corrected chi connectivity index (χ1v) is 8.44. The van der Waals surface area contributed by atoms with Gasteiger partial charge >= 0.3 is 0 Å². The Hall–Kier alpha value is -2.02. The summed E-state index contributed by atoms with van der Waals surface area (Å²) in [6.45, 7) is 5.85. The Balaban J connectivity index is 1.46. The first-order valence-electron chi connectivity index (χ1n) is 7.56. The second-order valence-electron chi connectivity index (χ2n) is 5.20. The Labute approximate surface area is 135 Å². The average molecular weight is 318 g/mol. The molecule has 2 aromatic heterocycles. The standard InChI is InChI=1S/C15H22N6S/c1-16-15(18-5-7-19-6-4-17-13-19)21-10-8-20(9-11-21)14-3-2-12-22-14/h2-4,6,12-13H,5,7-11H2,1H3,(H,16,18). The number of thiophene rings is 1. The summed E-state index contributed by atoms with van der Waals surface area (Å²) >= 11 is 1.81. The van der Waals surface area contributed by atoms with Crippen LogP contribution in [0.15, 0.2) is 41.2 Å². The average Bonchev–Trinajstić information content (AvgIpc) is 3.25. The zero-order chi connectivity index (χ0) is 15.2. The van der Waals surface area contributed by atoms with Crippen molar-refractivity contribution in [1.29, 1.82) is 0 Å². The molecule has 0 aliphatic carbocycles. The topological polar surface area (TPSA) is 48.7 Å². The van der Waals surface area contributed by atoms with Gasteiger partial charge in [0, 0.05) is 58.7 Å². The van der Waals surface area contributed by atoms with E-state index in [-0.39, 0.29) is 0 Å². The molecule has 1 N–H and O–H groups in total. The van der Waals surface area contributed by atoms with Crippen LogP contribution in [-0.2, 0) is 6.54 Å². The summed E-state index contributed by atoms with van der Waals surface area (Å²) in [7, 11) is 1.85. The number of rotatable bonds is 4. The van der Waals surface area contributed by atoms with Crippen molar-refractivity contribution < 1.29 is 0 Å². The maximum Gasteiger partial charge on any atom is 0.193 e. The minimum Gasteiger partial charge on any atom is -0.360 e. The number of anilines is 1. The van der Waals surface area contributed by atoms with Gasteiger partial charge in [0.15, 0.2) is 5.96 Å². The van der Waals surface area contributed by atoms with Crippen LogP contribution in [0.25, 0.3) is 0 Å². The normalized spacial score (nSPS) is 16.1. The lowest BCUT2D eigenvalue weighted by Crippen LogP contribution is -2.52. The van der Waals surface area contributed by atoms with Gasteiger partial charge in [-0.15, -0.1) is 11.3 Å². The number of hydrogen-bond donors (Lipinski definition) is 1. The van der Waals surface area contributed by atoms with Crippen molar-refractivity contribution in [3.05, 3.63) is 36.2 Å². The maximum atomic E-state index is 4.41. The van der Waals surface area contributed by atoms with E-state index in [0.717, 1.165) is 45.2 Å². The second-order valence-corrected chi connectivity index (χ2v) is 6.13. The molecule has 0 radical (unpaired) electrons. The molecule has 7 heteroatoms. The van der Waals surface area contributed by atoms with Crippen molar-refractivity contribution in [1.82, 2.24) is 19.8 Å². The first-order chi connectivity index (χ1) is 10.9. The Kier molecular flexibility index (Phi) is 4.95. The number of nitrogens with zero attached hydrogens (tertiary/aromatic N) is 5. The Morgan fingerprint density at radius 1 is 1.36 bits per heavy atom. The highest BCUT2D eigenvalue weighted by atomic mass is 32.1. The van der Waals surface area contributed by atoms with Crippen molar-refractivity contribution in [2.24, 2.45) is 4.99 Å². The summed E-state index contributed by atoms with van der Waals surface area (Å²) < 4.78 is 2.06. The smallest absolute Gasteiger partial charge is 0.193 e. The highest BCUT2D eigenvalue weighted by molar-refractivity contribution is 7.14. The van der Waals surface area contributed by atoms with Crippen LogP contribution in [0.3, 0.4) is 0 Å². The van der Waals surface area contributed by atoms with Gasteiger partial charge in [0.05, 0.1) is 11.3 Å². The molecular weight excluding hydrogens is 296 g/mol. The molecule has 0 aromatic carbocycles. The van der Waals surface area contributed by atoms with E-state index in [0.29, 0.717) is 0 Å². The summed E-state index contributed by atoms with van der Waals surface area (Å²) in [5.41, 5.74) is 0. The number of imidazole rings is 1. The summed E-state index contributed by atoms with van der Waals surface area (Å²) in [5, 5.41) is 6.94. The van der Waals surface area contributed by atoms with Gasteiger partial charge in [0.2, 0.25) is 0 Å². The van der Waals surface area contributed by atoms with Crippen molar-refractivity contribution in [2.75, 3.05) is 44.7 Å². The minimum absolute atomic E-state index is 0.855. The molecule has 3 rings (SSSR count). The highest BCUT2D eigenvalue weighted by Gasteiger charge is 2.19. The van der Waals surface area contributed by atoms with Gasteiger partial charge in [-0.3, -0.25) is 4.99 Å². The van der Waals surface area contributed by atoms with Crippen molar-refractivity contribution >= 4 is 22.3 Å². The van der Waals surface area contributed by atoms with Gasteiger partial charge < -0.3 is 19.7 Å². The van der Waals surface area contributed by atoms with E-state index in [2.05, 4.69) is 47.2 Å². The van der Waals surface area contributed by atoms with E-state index in [9.17, 15) is 0 Å². The Bertz CT molecular complexity index is 569. The Morgan fingerprint density at radius 3 is 2.86 bits per heavy atom. The van der Waals surface area contributed by atoms with Crippen LogP contribution in [0.4, 0.5) is 5.00 Å². The largest absolute Gasteiger partial charge is 0.360 e. The summed E-state index contributed by atoms with van der Waals surface area (Å²) in [6, 6.07) is 4.31. The van der Waals surface area contributed by atoms with Gasteiger partial charge in [-0.2, -0.15) is 0 Å². The lowest BCUT2D eigenvalue weighted by Gasteiger charge is -2.37. The monoisotopic (exact) mass is 318 g/mol. The number of aromatic nitrogens is 2. The van der Waals surface area contributed by atoms with E-state index in [1.807, 2.05) is 30.9 Å². The molecule has 0 saturated carbocycles. The Morgan fingerprint density at radius 2 is 2.23 bits per heavy atom. The summed E-state index contributed by atoms with van der Waals surface area (Å²) in [4.78, 5) is 13.2. The molecule has 118 valence electrons. The number of aliphatic imine (C=N–C) groups is 1. The first kappa shape index (κ1) is 14.9. The van der Waals surface area contributed by atoms with E-state index in [1.54, 1.807) is 6.20 Å². The highest BCUT2D eigenvalue weighted by Crippen LogP contribution is 2.22. The van der Waals surface area contributed by atoms with Crippen molar-refractivity contribution in [2.45, 2.75) is 6.54 Å². The van der Waals surface area contributed by atoms with Crippen molar-refractivity contribution in [3.63, 3.8) is 0 Å². The van der Waals surface area contributed by atoms with Crippen LogP contribution >= 0.6 is 11.3 Å². The van der Waals surface area contributed by atoms with Crippen LogP contribution in [0, 0.1) is 0 Å². The minimum atomic E-state index is 0.855. The molecule has 0 amide bonds. The molecule has 3 heterocycles. The predicted octanol–water partition coefficient (Wildman–Crippen LogP) is 1.34. The summed E-state index contributed by atoms with van der Waals surface area (Å²) in [6.07, 6.45) is 5.62. The molecular formula is C15H22N6S. The fraction of sp³-hybridized carbons (Fsp3) is 0.467. The van der Waals surface area contributed by atoms with E-state index >= 15 is 0 Å². The zero-order valence-electron chi connectivity index (χ0n) is 12.9. The van der Waals surface area contributed by atoms with Gasteiger partial charge in [0.25, 0.3) is 0 Å². The number of guanidine groups is 1. The molecule has 1 fully saturated rings. The third-order valence-electron chi connectivity index (χ3n) is 3.82. The maximum absolute atomic E-state index is 4.41. The van der Waals surface area contributed by atoms with E-state index < -0.39 is 0 Å². The molecule has 6 nitrogen and oxygen atoms in total. The van der Waals surface area contributed by atoms with Crippen LogP contribution in [0.5, 0.6) is 0 Å². The number of nitrogens with one attached hydrogen (secondary N) is 1. The van der Waals surface area contributed by atoms with Crippen LogP contribution < -0.4 is 10.2 Å². The molecule has 2 aromatic rings. The predicted molar refractivity (Wildman–Crippen MR) is 91.7 cm³/mol. The third-order valence-corrected chi connectivity index (χ3v) is 4.75. The lowest BCUT2D eigenvalue weighted by molar-refractivity contribution is 0.372.